The molecule has 0 bridgehead atoms. The SMILES string of the molecule is CC1(C)c2c(-c3ccccc3)cccc2-c2c3c(c4ccccc4c21)C1C=CC=C(N(c2ccccc2)c2ccc4c(c2)oc2ccccc24)C1O3. The monoisotopic (exact) mass is 669 g/mol. The van der Waals surface area contributed by atoms with Crippen LogP contribution in [0.4, 0.5) is 11.4 Å². The van der Waals surface area contributed by atoms with Crippen molar-refractivity contribution >= 4 is 44.1 Å². The summed E-state index contributed by atoms with van der Waals surface area (Å²) in [4.78, 5) is 2.35. The third-order valence-corrected chi connectivity index (χ3v) is 11.6. The van der Waals surface area contributed by atoms with Gasteiger partial charge in [0.2, 0.25) is 0 Å². The molecule has 0 saturated carbocycles. The predicted octanol–water partition coefficient (Wildman–Crippen LogP) is 12.8. The average molecular weight is 670 g/mol. The molecular formula is C49H35NO2. The minimum Gasteiger partial charge on any atom is -0.482 e. The first-order valence-corrected chi connectivity index (χ1v) is 18.2. The van der Waals surface area contributed by atoms with Crippen LogP contribution in [0.1, 0.15) is 36.5 Å². The average Bonchev–Trinajstić information content (AvgIpc) is 3.84. The van der Waals surface area contributed by atoms with E-state index in [1.165, 1.54) is 49.7 Å². The van der Waals surface area contributed by atoms with Crippen LogP contribution < -0.4 is 9.64 Å². The number of para-hydroxylation sites is 2. The van der Waals surface area contributed by atoms with Crippen LogP contribution in [0.5, 0.6) is 5.75 Å². The number of ether oxygens (including phenoxy) is 1. The number of fused-ring (bicyclic) bond motifs is 13. The number of hydrogen-bond acceptors (Lipinski definition) is 3. The largest absolute Gasteiger partial charge is 0.482 e. The molecule has 2 unspecified atom stereocenters. The summed E-state index contributed by atoms with van der Waals surface area (Å²) >= 11 is 0. The lowest BCUT2D eigenvalue weighted by atomic mass is 9.76. The predicted molar refractivity (Wildman–Crippen MR) is 214 cm³/mol. The van der Waals surface area contributed by atoms with Gasteiger partial charge in [-0.15, -0.1) is 0 Å². The van der Waals surface area contributed by atoms with E-state index in [-0.39, 0.29) is 17.4 Å². The highest BCUT2D eigenvalue weighted by molar-refractivity contribution is 6.07. The molecule has 0 amide bonds. The Balaban J connectivity index is 1.12. The molecule has 0 radical (unpaired) electrons. The third kappa shape index (κ3) is 4.02. The van der Waals surface area contributed by atoms with Crippen molar-refractivity contribution in [3.63, 3.8) is 0 Å². The highest BCUT2D eigenvalue weighted by atomic mass is 16.5. The minimum absolute atomic E-state index is 0.0378. The zero-order valence-electron chi connectivity index (χ0n) is 29.0. The van der Waals surface area contributed by atoms with E-state index in [1.54, 1.807) is 0 Å². The molecule has 1 aromatic heterocycles. The molecule has 3 nitrogen and oxygen atoms in total. The molecule has 0 fully saturated rings. The van der Waals surface area contributed by atoms with Gasteiger partial charge < -0.3 is 14.1 Å². The van der Waals surface area contributed by atoms with Gasteiger partial charge in [0.15, 0.2) is 0 Å². The number of benzene rings is 7. The summed E-state index contributed by atoms with van der Waals surface area (Å²) in [6.07, 6.45) is 6.56. The topological polar surface area (TPSA) is 25.6 Å². The van der Waals surface area contributed by atoms with Gasteiger partial charge in [-0.25, -0.2) is 0 Å². The van der Waals surface area contributed by atoms with E-state index in [4.69, 9.17) is 9.15 Å². The molecule has 7 aromatic carbocycles. The Morgan fingerprint density at radius 3 is 2.10 bits per heavy atom. The first kappa shape index (κ1) is 29.4. The quantitative estimate of drug-likeness (QED) is 0.186. The summed E-state index contributed by atoms with van der Waals surface area (Å²) in [5.74, 6) is 1.05. The number of hydrogen-bond donors (Lipinski definition) is 0. The lowest BCUT2D eigenvalue weighted by Crippen LogP contribution is -2.32. The molecule has 52 heavy (non-hydrogen) atoms. The van der Waals surface area contributed by atoms with Crippen molar-refractivity contribution in [3.05, 3.63) is 186 Å². The number of anilines is 2. The number of rotatable bonds is 4. The maximum Gasteiger partial charge on any atom is 0.149 e. The molecule has 1 aliphatic heterocycles. The van der Waals surface area contributed by atoms with E-state index in [0.717, 1.165) is 44.8 Å². The molecule has 0 N–H and O–H groups in total. The van der Waals surface area contributed by atoms with Crippen molar-refractivity contribution in [3.8, 4) is 28.0 Å². The van der Waals surface area contributed by atoms with Crippen molar-refractivity contribution in [2.24, 2.45) is 0 Å². The van der Waals surface area contributed by atoms with Gasteiger partial charge in [-0.1, -0.05) is 135 Å². The van der Waals surface area contributed by atoms with Crippen LogP contribution in [0.25, 0.3) is 55.0 Å². The smallest absolute Gasteiger partial charge is 0.149 e. The van der Waals surface area contributed by atoms with Crippen LogP contribution in [0.3, 0.4) is 0 Å². The molecule has 2 aliphatic carbocycles. The first-order chi connectivity index (χ1) is 25.6. The van der Waals surface area contributed by atoms with E-state index in [9.17, 15) is 0 Å². The van der Waals surface area contributed by atoms with Gasteiger partial charge in [-0.05, 0) is 75.0 Å². The summed E-state index contributed by atoms with van der Waals surface area (Å²) in [5, 5.41) is 4.82. The number of allylic oxidation sites excluding steroid dienone is 2. The van der Waals surface area contributed by atoms with Crippen LogP contribution >= 0.6 is 0 Å². The maximum absolute atomic E-state index is 7.45. The Hall–Kier alpha value is -6.32. The molecule has 2 heterocycles. The molecule has 0 spiro atoms. The van der Waals surface area contributed by atoms with Crippen molar-refractivity contribution in [2.75, 3.05) is 4.90 Å². The zero-order valence-corrected chi connectivity index (χ0v) is 29.0. The van der Waals surface area contributed by atoms with Gasteiger partial charge in [0.05, 0.1) is 5.70 Å². The Kier molecular flexibility index (Phi) is 6.13. The van der Waals surface area contributed by atoms with Gasteiger partial charge in [0.1, 0.15) is 23.0 Å². The normalized spacial score (nSPS) is 17.8. The van der Waals surface area contributed by atoms with E-state index in [2.05, 4.69) is 170 Å². The molecule has 11 rings (SSSR count). The van der Waals surface area contributed by atoms with Crippen molar-refractivity contribution in [2.45, 2.75) is 31.3 Å². The van der Waals surface area contributed by atoms with Gasteiger partial charge >= 0.3 is 0 Å². The summed E-state index contributed by atoms with van der Waals surface area (Å²) in [6.45, 7) is 4.78. The van der Waals surface area contributed by atoms with E-state index < -0.39 is 0 Å². The van der Waals surface area contributed by atoms with Crippen LogP contribution in [0.15, 0.2) is 174 Å². The van der Waals surface area contributed by atoms with Crippen LogP contribution in [0, 0.1) is 0 Å². The van der Waals surface area contributed by atoms with Crippen LogP contribution in [0.2, 0.25) is 0 Å². The molecule has 3 heteroatoms. The fourth-order valence-corrected chi connectivity index (χ4v) is 9.46. The molecule has 0 saturated heterocycles. The Bertz CT molecular complexity index is 2810. The summed E-state index contributed by atoms with van der Waals surface area (Å²) in [5.41, 5.74) is 13.8. The van der Waals surface area contributed by atoms with E-state index in [0.29, 0.717) is 0 Å². The number of furan rings is 1. The van der Waals surface area contributed by atoms with E-state index >= 15 is 0 Å². The number of nitrogens with zero attached hydrogens (tertiary/aromatic N) is 1. The van der Waals surface area contributed by atoms with Gasteiger partial charge in [0.25, 0.3) is 0 Å². The molecule has 2 atom stereocenters. The van der Waals surface area contributed by atoms with Crippen molar-refractivity contribution in [1.29, 1.82) is 0 Å². The minimum atomic E-state index is -0.241. The second-order valence-electron chi connectivity index (χ2n) is 14.7. The summed E-state index contributed by atoms with van der Waals surface area (Å²) < 4.78 is 13.9. The molecule has 3 aliphatic rings. The first-order valence-electron chi connectivity index (χ1n) is 18.2. The third-order valence-electron chi connectivity index (χ3n) is 11.6. The molecule has 248 valence electrons. The Morgan fingerprint density at radius 1 is 0.577 bits per heavy atom. The van der Waals surface area contributed by atoms with E-state index in [1.807, 2.05) is 12.1 Å². The van der Waals surface area contributed by atoms with Crippen LogP contribution in [-0.4, -0.2) is 6.10 Å². The fourth-order valence-electron chi connectivity index (χ4n) is 9.46. The van der Waals surface area contributed by atoms with Crippen molar-refractivity contribution in [1.82, 2.24) is 0 Å². The molecule has 8 aromatic rings. The van der Waals surface area contributed by atoms with Crippen LogP contribution in [-0.2, 0) is 5.41 Å². The van der Waals surface area contributed by atoms with Gasteiger partial charge in [-0.3, -0.25) is 0 Å². The Labute approximate surface area is 302 Å². The van der Waals surface area contributed by atoms with Gasteiger partial charge in [-0.2, -0.15) is 0 Å². The standard InChI is InChI=1S/C49H35NO2/c1-49(2)45-33(30-15-5-3-6-16-30)22-13-23-38(45)44-46(49)37-21-10-9-20-36(37)43-39-24-14-25-40(47(39)52-48(43)44)50(31-17-7-4-8-18-31)32-27-28-35-34-19-11-12-26-41(34)51-42(35)29-32/h3-29,39,47H,1-2H3. The van der Waals surface area contributed by atoms with Crippen molar-refractivity contribution < 1.29 is 9.15 Å². The highest BCUT2D eigenvalue weighted by Crippen LogP contribution is 2.62. The molecular weight excluding hydrogens is 635 g/mol. The lowest BCUT2D eigenvalue weighted by molar-refractivity contribution is 0.254. The van der Waals surface area contributed by atoms with Gasteiger partial charge in [0, 0.05) is 50.7 Å². The fraction of sp³-hybridized carbons (Fsp3) is 0.102. The summed E-state index contributed by atoms with van der Waals surface area (Å²) in [6, 6.07) is 52.1. The maximum atomic E-state index is 7.45. The summed E-state index contributed by atoms with van der Waals surface area (Å²) in [7, 11) is 0. The highest BCUT2D eigenvalue weighted by Gasteiger charge is 2.48. The zero-order chi connectivity index (χ0) is 34.6. The lowest BCUT2D eigenvalue weighted by Gasteiger charge is -2.34. The second kappa shape index (κ2) is 10.8. The Morgan fingerprint density at radius 2 is 1.27 bits per heavy atom. The second-order valence-corrected chi connectivity index (χ2v) is 14.7.